The number of nitrogens with one attached hydrogen (secondary N) is 1. The van der Waals surface area contributed by atoms with Crippen molar-refractivity contribution in [1.82, 2.24) is 5.32 Å². The van der Waals surface area contributed by atoms with Crippen LogP contribution in [-0.4, -0.2) is 64.9 Å². The van der Waals surface area contributed by atoms with Gasteiger partial charge in [0.15, 0.2) is 6.04 Å². The van der Waals surface area contributed by atoms with Crippen LogP contribution in [0.25, 0.3) is 0 Å². The summed E-state index contributed by atoms with van der Waals surface area (Å²) in [5.41, 5.74) is 0. The van der Waals surface area contributed by atoms with Crippen molar-refractivity contribution in [3.05, 3.63) is 97.2 Å². The van der Waals surface area contributed by atoms with Crippen LogP contribution in [0.5, 0.6) is 0 Å². The summed E-state index contributed by atoms with van der Waals surface area (Å²) < 4.78 is 26.8. The third kappa shape index (κ3) is 40.9. The van der Waals surface area contributed by atoms with Gasteiger partial charge in [0.1, 0.15) is 12.7 Å². The molecule has 0 aromatic carbocycles. The van der Waals surface area contributed by atoms with Crippen molar-refractivity contribution in [2.24, 2.45) is 0 Å². The Bertz CT molecular complexity index is 1360. The topological polar surface area (TPSA) is 169 Å². The molecule has 0 aliphatic heterocycles. The van der Waals surface area contributed by atoms with E-state index in [0.29, 0.717) is 12.8 Å². The van der Waals surface area contributed by atoms with E-state index in [-0.39, 0.29) is 12.8 Å². The second-order valence-electron chi connectivity index (χ2n) is 14.1. The van der Waals surface area contributed by atoms with E-state index >= 15 is 0 Å². The zero-order chi connectivity index (χ0) is 43.5. The molecule has 0 aromatic rings. The molecular formula is C47H76NO10P. The molecule has 0 aromatic heterocycles. The summed E-state index contributed by atoms with van der Waals surface area (Å²) in [6.07, 6.45) is 51.5. The van der Waals surface area contributed by atoms with Gasteiger partial charge in [-0.15, -0.1) is 0 Å². The Kier molecular flexibility index (Phi) is 38.6. The van der Waals surface area contributed by atoms with E-state index in [9.17, 15) is 34.1 Å². The van der Waals surface area contributed by atoms with Crippen molar-refractivity contribution >= 4 is 25.7 Å². The molecule has 0 fully saturated rings. The molecule has 3 atom stereocenters. The summed E-state index contributed by atoms with van der Waals surface area (Å²) in [4.78, 5) is 45.9. The second-order valence-corrected chi connectivity index (χ2v) is 15.6. The summed E-state index contributed by atoms with van der Waals surface area (Å²) in [5.74, 6) is -2.46. The fourth-order valence-electron chi connectivity index (χ4n) is 5.21. The fourth-order valence-corrected chi connectivity index (χ4v) is 5.99. The first kappa shape index (κ1) is 55.4. The van der Waals surface area contributed by atoms with Gasteiger partial charge in [-0.2, -0.15) is 0 Å². The Balaban J connectivity index is 4.01. The van der Waals surface area contributed by atoms with Crippen molar-refractivity contribution in [2.45, 2.75) is 161 Å². The van der Waals surface area contributed by atoms with Crippen molar-refractivity contribution in [2.75, 3.05) is 19.8 Å². The van der Waals surface area contributed by atoms with E-state index in [1.165, 1.54) is 12.8 Å². The normalized spacial score (nSPS) is 14.6. The number of aliphatic hydroxyl groups is 1. The molecule has 0 aliphatic rings. The number of rotatable bonds is 39. The number of ether oxygens (including phenoxy) is 1. The van der Waals surface area contributed by atoms with Crippen LogP contribution in [0.2, 0.25) is 0 Å². The number of carboxylic acid groups (broad SMARTS) is 1. The molecule has 0 bridgehead atoms. The van der Waals surface area contributed by atoms with Crippen molar-refractivity contribution in [3.8, 4) is 0 Å². The number of carbonyl (C=O) groups is 3. The van der Waals surface area contributed by atoms with Gasteiger partial charge in [-0.25, -0.2) is 9.36 Å². The molecule has 0 heterocycles. The van der Waals surface area contributed by atoms with Crippen LogP contribution in [0.3, 0.4) is 0 Å². The highest BCUT2D eigenvalue weighted by molar-refractivity contribution is 7.47. The van der Waals surface area contributed by atoms with Crippen LogP contribution in [0.1, 0.15) is 149 Å². The summed E-state index contributed by atoms with van der Waals surface area (Å²) in [5, 5.41) is 21.8. The zero-order valence-electron chi connectivity index (χ0n) is 36.0. The minimum absolute atomic E-state index is 0.121. The van der Waals surface area contributed by atoms with Gasteiger partial charge < -0.3 is 25.2 Å². The van der Waals surface area contributed by atoms with Crippen molar-refractivity contribution in [1.29, 1.82) is 0 Å². The molecule has 11 nitrogen and oxygen atoms in total. The van der Waals surface area contributed by atoms with Gasteiger partial charge in [0, 0.05) is 12.8 Å². The number of unbranched alkanes of at least 4 members (excludes halogenated alkanes) is 9. The lowest BCUT2D eigenvalue weighted by Gasteiger charge is -2.18. The van der Waals surface area contributed by atoms with Crippen LogP contribution >= 0.6 is 7.82 Å². The third-order valence-corrected chi connectivity index (χ3v) is 9.56. The number of amides is 1. The molecule has 1 amide bonds. The molecule has 0 radical (unpaired) electrons. The highest BCUT2D eigenvalue weighted by Crippen LogP contribution is 2.43. The Morgan fingerprint density at radius 3 is 1.49 bits per heavy atom. The monoisotopic (exact) mass is 846 g/mol. The van der Waals surface area contributed by atoms with E-state index in [2.05, 4.69) is 116 Å². The number of phosphoric acid groups is 1. The third-order valence-electron chi connectivity index (χ3n) is 8.61. The van der Waals surface area contributed by atoms with Crippen LogP contribution in [0, 0.1) is 0 Å². The standard InChI is InChI=1S/C47H76NO10P/c1-3-5-7-9-11-13-15-17-19-20-21-22-23-24-25-27-29-31-33-35-37-39-46(51)56-40-43(49)41-57-59(54,55)58-42-44(47(52)53)48-45(50)38-36-34-32-30-28-26-18-16-14-12-10-8-6-4-2/h5,7,10-13,16-19,21-22,24-25,29,31,43-44,49H,3-4,6,8-9,14-15,20,23,26-28,30,32-42H2,1-2H3,(H,48,50)(H,52,53)(H,54,55)/b7-5-,12-10-,13-11-,18-16-,19-17-,22-21-,25-24-,31-29-. The number of hydrogen-bond donors (Lipinski definition) is 4. The molecule has 334 valence electrons. The fraction of sp³-hybridized carbons (Fsp3) is 0.596. The Morgan fingerprint density at radius 1 is 0.559 bits per heavy atom. The molecular weight excluding hydrogens is 769 g/mol. The SMILES string of the molecule is CC/C=C\C/C=C\C/C=C\C/C=C\C/C=C\C/C=C\CCCCC(=O)OCC(O)COP(=O)(O)OCC(NC(=O)CCCCCCC/C=C\C/C=C\CCCC)C(=O)O. The van der Waals surface area contributed by atoms with Gasteiger partial charge in [-0.05, 0) is 89.9 Å². The van der Waals surface area contributed by atoms with Gasteiger partial charge in [0.25, 0.3) is 0 Å². The number of carboxylic acids is 1. The number of esters is 1. The van der Waals surface area contributed by atoms with Crippen LogP contribution in [-0.2, 0) is 32.7 Å². The van der Waals surface area contributed by atoms with E-state index < -0.39 is 57.6 Å². The number of aliphatic hydroxyl groups excluding tert-OH is 1. The minimum atomic E-state index is -4.78. The predicted octanol–water partition coefficient (Wildman–Crippen LogP) is 11.3. The lowest BCUT2D eigenvalue weighted by Crippen LogP contribution is -2.43. The molecule has 12 heteroatoms. The van der Waals surface area contributed by atoms with E-state index in [0.717, 1.165) is 96.3 Å². The summed E-state index contributed by atoms with van der Waals surface area (Å²) >= 11 is 0. The first-order chi connectivity index (χ1) is 28.6. The van der Waals surface area contributed by atoms with Crippen LogP contribution in [0.4, 0.5) is 0 Å². The lowest BCUT2D eigenvalue weighted by atomic mass is 10.1. The minimum Gasteiger partial charge on any atom is -0.480 e. The number of allylic oxidation sites excluding steroid dienone is 16. The van der Waals surface area contributed by atoms with Gasteiger partial charge >= 0.3 is 19.8 Å². The largest absolute Gasteiger partial charge is 0.480 e. The molecule has 3 unspecified atom stereocenters. The summed E-state index contributed by atoms with van der Waals surface area (Å²) in [6.45, 7) is 2.36. The van der Waals surface area contributed by atoms with Crippen molar-refractivity contribution in [3.63, 3.8) is 0 Å². The maximum absolute atomic E-state index is 12.3. The maximum Gasteiger partial charge on any atom is 0.472 e. The maximum atomic E-state index is 12.3. The smallest absolute Gasteiger partial charge is 0.472 e. The number of carbonyl (C=O) groups excluding carboxylic acids is 2. The average Bonchev–Trinajstić information content (AvgIpc) is 3.21. The van der Waals surface area contributed by atoms with Crippen LogP contribution < -0.4 is 5.32 Å². The van der Waals surface area contributed by atoms with Gasteiger partial charge in [0.05, 0.1) is 13.2 Å². The predicted molar refractivity (Wildman–Crippen MR) is 240 cm³/mol. The van der Waals surface area contributed by atoms with E-state index in [1.807, 2.05) is 0 Å². The lowest BCUT2D eigenvalue weighted by molar-refractivity contribution is -0.147. The molecule has 0 saturated carbocycles. The highest BCUT2D eigenvalue weighted by Gasteiger charge is 2.28. The zero-order valence-corrected chi connectivity index (χ0v) is 36.9. The Morgan fingerprint density at radius 2 is 0.983 bits per heavy atom. The number of aliphatic carboxylic acids is 1. The first-order valence-corrected chi connectivity index (χ1v) is 23.3. The van der Waals surface area contributed by atoms with Gasteiger partial charge in [-0.1, -0.05) is 143 Å². The summed E-state index contributed by atoms with van der Waals surface area (Å²) in [6, 6.07) is -1.56. The van der Waals surface area contributed by atoms with E-state index in [1.54, 1.807) is 0 Å². The molecule has 4 N–H and O–H groups in total. The van der Waals surface area contributed by atoms with Gasteiger partial charge in [-0.3, -0.25) is 18.6 Å². The molecule has 0 aliphatic carbocycles. The first-order valence-electron chi connectivity index (χ1n) is 21.8. The molecule has 0 rings (SSSR count). The highest BCUT2D eigenvalue weighted by atomic mass is 31.2. The average molecular weight is 846 g/mol. The van der Waals surface area contributed by atoms with Crippen LogP contribution in [0.15, 0.2) is 97.2 Å². The Hall–Kier alpha value is -3.60. The molecule has 0 spiro atoms. The molecule has 59 heavy (non-hydrogen) atoms. The number of phosphoric ester groups is 1. The summed E-state index contributed by atoms with van der Waals surface area (Å²) in [7, 11) is -4.78. The van der Waals surface area contributed by atoms with E-state index in [4.69, 9.17) is 13.8 Å². The molecule has 0 saturated heterocycles. The quantitative estimate of drug-likeness (QED) is 0.0202. The van der Waals surface area contributed by atoms with Gasteiger partial charge in [0.2, 0.25) is 5.91 Å². The Labute approximate surface area is 355 Å². The number of hydrogen-bond acceptors (Lipinski definition) is 8. The second kappa shape index (κ2) is 41.1. The van der Waals surface area contributed by atoms with Crippen molar-refractivity contribution < 1.29 is 47.8 Å².